The average Bonchev–Trinajstić information content (AvgIpc) is 3.01. The largest absolute Gasteiger partial charge is 0.475 e. The van der Waals surface area contributed by atoms with Crippen LogP contribution in [0, 0.1) is 6.92 Å². The van der Waals surface area contributed by atoms with Crippen molar-refractivity contribution in [2.75, 3.05) is 17.9 Å². The molecule has 1 aliphatic heterocycles. The summed E-state index contributed by atoms with van der Waals surface area (Å²) in [6.07, 6.45) is 0. The Morgan fingerprint density at radius 3 is 2.68 bits per heavy atom. The lowest BCUT2D eigenvalue weighted by molar-refractivity contribution is 0.348. The summed E-state index contributed by atoms with van der Waals surface area (Å²) in [5.41, 5.74) is 2.00. The van der Waals surface area contributed by atoms with Gasteiger partial charge in [0.2, 0.25) is 5.90 Å². The van der Waals surface area contributed by atoms with E-state index in [0.29, 0.717) is 30.3 Å². The zero-order valence-electron chi connectivity index (χ0n) is 12.1. The van der Waals surface area contributed by atoms with Crippen molar-refractivity contribution in [3.8, 4) is 0 Å². The monoisotopic (exact) mass is 316 g/mol. The minimum absolute atomic E-state index is 0.233. The highest BCUT2D eigenvalue weighted by Crippen LogP contribution is 2.22. The van der Waals surface area contributed by atoms with E-state index in [0.717, 1.165) is 5.56 Å². The highest BCUT2D eigenvalue weighted by Gasteiger charge is 2.19. The number of rotatable bonds is 4. The van der Waals surface area contributed by atoms with E-state index in [4.69, 9.17) is 4.74 Å². The Kier molecular flexibility index (Phi) is 3.85. The Labute approximate surface area is 129 Å². The van der Waals surface area contributed by atoms with E-state index in [1.807, 2.05) is 19.1 Å². The van der Waals surface area contributed by atoms with Gasteiger partial charge in [0.15, 0.2) is 0 Å². The fourth-order valence-corrected chi connectivity index (χ4v) is 3.43. The van der Waals surface area contributed by atoms with Crippen LogP contribution in [-0.4, -0.2) is 27.5 Å². The van der Waals surface area contributed by atoms with Gasteiger partial charge in [0.1, 0.15) is 6.61 Å². The molecule has 3 rings (SSSR count). The molecule has 1 N–H and O–H groups in total. The number of anilines is 1. The average molecular weight is 316 g/mol. The van der Waals surface area contributed by atoms with Gasteiger partial charge in [-0.25, -0.2) is 13.4 Å². The van der Waals surface area contributed by atoms with E-state index in [9.17, 15) is 8.42 Å². The van der Waals surface area contributed by atoms with E-state index >= 15 is 0 Å². The number of ether oxygens (including phenoxy) is 1. The van der Waals surface area contributed by atoms with E-state index in [1.54, 1.807) is 36.4 Å². The number of para-hydroxylation sites is 1. The second-order valence-corrected chi connectivity index (χ2v) is 6.69. The van der Waals surface area contributed by atoms with Crippen LogP contribution in [0.1, 0.15) is 11.1 Å². The minimum Gasteiger partial charge on any atom is -0.475 e. The maximum atomic E-state index is 12.5. The standard InChI is InChI=1S/C16H16N2O3S/c1-12-5-4-6-13(11-12)22(19,20)18-15-8-3-2-7-14(15)16-17-9-10-21-16/h2-8,11,18H,9-10H2,1H3. The minimum atomic E-state index is -3.65. The fourth-order valence-electron chi connectivity index (χ4n) is 2.24. The SMILES string of the molecule is Cc1cccc(S(=O)(=O)Nc2ccccc2C2=NCCO2)c1. The van der Waals surface area contributed by atoms with Crippen molar-refractivity contribution in [2.24, 2.45) is 4.99 Å². The van der Waals surface area contributed by atoms with Gasteiger partial charge in [0.05, 0.1) is 22.7 Å². The molecular formula is C16H16N2O3S. The summed E-state index contributed by atoms with van der Waals surface area (Å²) in [6, 6.07) is 13.9. The van der Waals surface area contributed by atoms with Gasteiger partial charge in [-0.05, 0) is 36.8 Å². The summed E-state index contributed by atoms with van der Waals surface area (Å²) >= 11 is 0. The first-order chi connectivity index (χ1) is 10.6. The predicted octanol–water partition coefficient (Wildman–Crippen LogP) is 2.57. The Hall–Kier alpha value is -2.34. The molecule has 114 valence electrons. The molecule has 0 bridgehead atoms. The van der Waals surface area contributed by atoms with Gasteiger partial charge in [0, 0.05) is 0 Å². The number of hydrogen-bond acceptors (Lipinski definition) is 4. The molecule has 0 spiro atoms. The highest BCUT2D eigenvalue weighted by atomic mass is 32.2. The number of aryl methyl sites for hydroxylation is 1. The number of nitrogens with zero attached hydrogens (tertiary/aromatic N) is 1. The fraction of sp³-hybridized carbons (Fsp3) is 0.188. The topological polar surface area (TPSA) is 67.8 Å². The highest BCUT2D eigenvalue weighted by molar-refractivity contribution is 7.92. The molecule has 0 amide bonds. The third kappa shape index (κ3) is 2.96. The van der Waals surface area contributed by atoms with Crippen molar-refractivity contribution in [2.45, 2.75) is 11.8 Å². The lowest BCUT2D eigenvalue weighted by atomic mass is 10.2. The first kappa shape index (κ1) is 14.6. The molecule has 0 fully saturated rings. The molecule has 0 saturated carbocycles. The van der Waals surface area contributed by atoms with E-state index in [2.05, 4.69) is 9.71 Å². The second kappa shape index (κ2) is 5.81. The normalized spacial score (nSPS) is 14.3. The summed E-state index contributed by atoms with van der Waals surface area (Å²) in [7, 11) is -3.65. The first-order valence-corrected chi connectivity index (χ1v) is 8.41. The van der Waals surface area contributed by atoms with Crippen LogP contribution in [0.25, 0.3) is 0 Å². The summed E-state index contributed by atoms with van der Waals surface area (Å²) < 4.78 is 33.1. The van der Waals surface area contributed by atoms with Gasteiger partial charge < -0.3 is 4.74 Å². The van der Waals surface area contributed by atoms with Crippen LogP contribution in [-0.2, 0) is 14.8 Å². The molecule has 22 heavy (non-hydrogen) atoms. The molecule has 2 aromatic carbocycles. The zero-order chi connectivity index (χ0) is 15.6. The van der Waals surface area contributed by atoms with Crippen molar-refractivity contribution in [1.29, 1.82) is 0 Å². The van der Waals surface area contributed by atoms with Crippen LogP contribution in [0.2, 0.25) is 0 Å². The molecule has 6 heteroatoms. The maximum absolute atomic E-state index is 12.5. The number of hydrogen-bond donors (Lipinski definition) is 1. The number of nitrogens with one attached hydrogen (secondary N) is 1. The van der Waals surface area contributed by atoms with Crippen molar-refractivity contribution >= 4 is 21.6 Å². The predicted molar refractivity (Wildman–Crippen MR) is 85.8 cm³/mol. The summed E-state index contributed by atoms with van der Waals surface area (Å²) in [5, 5.41) is 0. The van der Waals surface area contributed by atoms with Crippen molar-refractivity contribution in [1.82, 2.24) is 0 Å². The van der Waals surface area contributed by atoms with Crippen molar-refractivity contribution < 1.29 is 13.2 Å². The van der Waals surface area contributed by atoms with E-state index in [-0.39, 0.29) is 4.90 Å². The summed E-state index contributed by atoms with van der Waals surface area (Å²) in [4.78, 5) is 4.48. The quantitative estimate of drug-likeness (QED) is 0.942. The first-order valence-electron chi connectivity index (χ1n) is 6.92. The van der Waals surface area contributed by atoms with Crippen LogP contribution in [0.5, 0.6) is 0 Å². The van der Waals surface area contributed by atoms with Crippen LogP contribution in [0.3, 0.4) is 0 Å². The molecule has 0 aliphatic carbocycles. The zero-order valence-corrected chi connectivity index (χ0v) is 12.9. The van der Waals surface area contributed by atoms with Crippen LogP contribution in [0.4, 0.5) is 5.69 Å². The third-order valence-electron chi connectivity index (χ3n) is 3.29. The molecule has 0 radical (unpaired) electrons. The second-order valence-electron chi connectivity index (χ2n) is 5.00. The Balaban J connectivity index is 1.96. The number of aliphatic imine (C=N–C) groups is 1. The number of sulfonamides is 1. The summed E-state index contributed by atoms with van der Waals surface area (Å²) in [6.45, 7) is 2.97. The maximum Gasteiger partial charge on any atom is 0.261 e. The molecule has 1 aliphatic rings. The molecule has 0 saturated heterocycles. The van der Waals surface area contributed by atoms with Crippen LogP contribution in [0.15, 0.2) is 58.4 Å². The van der Waals surface area contributed by atoms with E-state index < -0.39 is 10.0 Å². The van der Waals surface area contributed by atoms with Crippen molar-refractivity contribution in [3.63, 3.8) is 0 Å². The van der Waals surface area contributed by atoms with Gasteiger partial charge in [-0.2, -0.15) is 0 Å². The smallest absolute Gasteiger partial charge is 0.261 e. The van der Waals surface area contributed by atoms with Crippen LogP contribution < -0.4 is 4.72 Å². The molecule has 0 aromatic heterocycles. The summed E-state index contributed by atoms with van der Waals surface area (Å²) in [5.74, 6) is 0.475. The molecule has 0 unspecified atom stereocenters. The Bertz CT molecular complexity index is 829. The molecule has 5 nitrogen and oxygen atoms in total. The van der Waals surface area contributed by atoms with Gasteiger partial charge in [-0.15, -0.1) is 0 Å². The van der Waals surface area contributed by atoms with Gasteiger partial charge in [0.25, 0.3) is 10.0 Å². The molecular weight excluding hydrogens is 300 g/mol. The third-order valence-corrected chi connectivity index (χ3v) is 4.65. The molecule has 0 atom stereocenters. The van der Waals surface area contributed by atoms with Gasteiger partial charge in [-0.1, -0.05) is 24.3 Å². The van der Waals surface area contributed by atoms with Gasteiger partial charge >= 0.3 is 0 Å². The number of benzene rings is 2. The lowest BCUT2D eigenvalue weighted by Gasteiger charge is -2.12. The van der Waals surface area contributed by atoms with Gasteiger partial charge in [-0.3, -0.25) is 4.72 Å². The van der Waals surface area contributed by atoms with Crippen LogP contribution >= 0.6 is 0 Å². The molecule has 2 aromatic rings. The molecule has 1 heterocycles. The Morgan fingerprint density at radius 2 is 1.95 bits per heavy atom. The Morgan fingerprint density at radius 1 is 1.14 bits per heavy atom. The van der Waals surface area contributed by atoms with E-state index in [1.165, 1.54) is 0 Å². The lowest BCUT2D eigenvalue weighted by Crippen LogP contribution is -2.16. The van der Waals surface area contributed by atoms with Crippen molar-refractivity contribution in [3.05, 3.63) is 59.7 Å².